The molecule has 5 rings (SSSR count). The number of carbonyl (C=O) groups excluding carboxylic acids is 1. The minimum Gasteiger partial charge on any atom is -0.487 e. The Balaban J connectivity index is 1.21. The van der Waals surface area contributed by atoms with Crippen LogP contribution < -0.4 is 4.74 Å². The van der Waals surface area contributed by atoms with E-state index in [-0.39, 0.29) is 6.61 Å². The molecule has 0 radical (unpaired) electrons. The van der Waals surface area contributed by atoms with E-state index in [1.165, 1.54) is 31.7 Å². The lowest BCUT2D eigenvalue weighted by atomic mass is 9.91. The third-order valence-electron chi connectivity index (χ3n) is 7.62. The maximum atomic E-state index is 11.7. The summed E-state index contributed by atoms with van der Waals surface area (Å²) in [6.45, 7) is 4.27. The lowest BCUT2D eigenvalue weighted by Gasteiger charge is -2.31. The Hall–Kier alpha value is -3.75. The highest BCUT2D eigenvalue weighted by Gasteiger charge is 2.22. The van der Waals surface area contributed by atoms with E-state index in [0.29, 0.717) is 18.0 Å². The van der Waals surface area contributed by atoms with Gasteiger partial charge in [0.1, 0.15) is 12.4 Å². The van der Waals surface area contributed by atoms with Crippen LogP contribution in [0.3, 0.4) is 0 Å². The zero-order chi connectivity index (χ0) is 27.9. The zero-order valence-corrected chi connectivity index (χ0v) is 23.6. The summed E-state index contributed by atoms with van der Waals surface area (Å²) in [5, 5.41) is 5.56. The Morgan fingerprint density at radius 2 is 1.88 bits per heavy atom. The number of fused-ring (bicyclic) bond motifs is 1. The van der Waals surface area contributed by atoms with E-state index in [2.05, 4.69) is 56.3 Å². The van der Waals surface area contributed by atoms with Crippen molar-refractivity contribution in [1.82, 2.24) is 19.9 Å². The summed E-state index contributed by atoms with van der Waals surface area (Å²) >= 11 is 0. The number of hydrogen-bond acceptors (Lipinski definition) is 8. The first-order chi connectivity index (χ1) is 19.5. The Morgan fingerprint density at radius 1 is 1.07 bits per heavy atom. The molecule has 0 aliphatic carbocycles. The molecule has 8 heteroatoms. The molecule has 0 atom stereocenters. The fourth-order valence-electron chi connectivity index (χ4n) is 5.39. The molecule has 1 saturated heterocycles. The van der Waals surface area contributed by atoms with E-state index in [4.69, 9.17) is 14.0 Å². The predicted molar refractivity (Wildman–Crippen MR) is 154 cm³/mol. The lowest BCUT2D eigenvalue weighted by Crippen LogP contribution is -2.33. The number of aromatic nitrogens is 2. The van der Waals surface area contributed by atoms with Gasteiger partial charge in [0.2, 0.25) is 0 Å². The molecular formula is C32H38N4O4. The van der Waals surface area contributed by atoms with Crippen LogP contribution in [0.5, 0.6) is 5.75 Å². The number of esters is 1. The molecule has 2 aromatic heterocycles. The third kappa shape index (κ3) is 6.87. The number of hydrogen-bond donors (Lipinski definition) is 0. The first kappa shape index (κ1) is 27.8. The van der Waals surface area contributed by atoms with E-state index in [0.717, 1.165) is 66.1 Å². The average molecular weight is 543 g/mol. The van der Waals surface area contributed by atoms with E-state index in [1.807, 2.05) is 20.2 Å². The SMILES string of the molecule is COC(=O)c1ccc(COc2ccc3c(CCC4CCN(Cc5ccccc5)CC4)noc3c2CN(C)C)nc1. The third-order valence-corrected chi connectivity index (χ3v) is 7.62. The molecule has 8 nitrogen and oxygen atoms in total. The lowest BCUT2D eigenvalue weighted by molar-refractivity contribution is 0.0600. The van der Waals surface area contributed by atoms with Crippen molar-refractivity contribution in [3.63, 3.8) is 0 Å². The first-order valence-electron chi connectivity index (χ1n) is 14.0. The summed E-state index contributed by atoms with van der Waals surface area (Å²) in [4.78, 5) is 20.7. The van der Waals surface area contributed by atoms with E-state index in [9.17, 15) is 4.79 Å². The summed E-state index contributed by atoms with van der Waals surface area (Å²) in [7, 11) is 5.40. The highest BCUT2D eigenvalue weighted by molar-refractivity contribution is 5.88. The van der Waals surface area contributed by atoms with Crippen LogP contribution in [0.1, 0.15) is 52.1 Å². The molecular weight excluding hydrogens is 504 g/mol. The molecule has 1 aliphatic heterocycles. The standard InChI is InChI=1S/C32H38N4O4/c1-35(2)21-28-30(39-22-26-11-10-25(19-33-26)32(37)38-3)14-12-27-29(34-40-31(27)28)13-9-23-15-17-36(18-16-23)20-24-7-5-4-6-8-24/h4-8,10-12,14,19,23H,9,13,15-18,20-22H2,1-3H3. The molecule has 0 N–H and O–H groups in total. The van der Waals surface area contributed by atoms with Crippen LogP contribution >= 0.6 is 0 Å². The number of pyridine rings is 1. The van der Waals surface area contributed by atoms with Crippen molar-refractivity contribution in [2.24, 2.45) is 5.92 Å². The Bertz CT molecular complexity index is 1390. The van der Waals surface area contributed by atoms with E-state index >= 15 is 0 Å². The van der Waals surface area contributed by atoms with Crippen molar-refractivity contribution in [3.8, 4) is 5.75 Å². The quantitative estimate of drug-likeness (QED) is 0.230. The van der Waals surface area contributed by atoms with Gasteiger partial charge in [-0.3, -0.25) is 9.88 Å². The van der Waals surface area contributed by atoms with Gasteiger partial charge in [-0.2, -0.15) is 0 Å². The van der Waals surface area contributed by atoms with Crippen molar-refractivity contribution in [2.75, 3.05) is 34.3 Å². The predicted octanol–water partition coefficient (Wildman–Crippen LogP) is 5.49. The number of piperidine rings is 1. The van der Waals surface area contributed by atoms with E-state index in [1.54, 1.807) is 12.1 Å². The van der Waals surface area contributed by atoms with Crippen molar-refractivity contribution in [2.45, 2.75) is 45.4 Å². The molecule has 0 bridgehead atoms. The summed E-state index contributed by atoms with van der Waals surface area (Å²) in [6, 6.07) is 18.3. The topological polar surface area (TPSA) is 80.9 Å². The van der Waals surface area contributed by atoms with Gasteiger partial charge >= 0.3 is 5.97 Å². The summed E-state index contributed by atoms with van der Waals surface area (Å²) in [5.74, 6) is 1.04. The second-order valence-electron chi connectivity index (χ2n) is 10.8. The number of benzene rings is 2. The van der Waals surface area contributed by atoms with Gasteiger partial charge in [-0.05, 0) is 88.6 Å². The van der Waals surface area contributed by atoms with Gasteiger partial charge in [0.05, 0.1) is 29.6 Å². The molecule has 210 valence electrons. The number of aryl methyl sites for hydroxylation is 1. The highest BCUT2D eigenvalue weighted by Crippen LogP contribution is 2.33. The average Bonchev–Trinajstić information content (AvgIpc) is 3.40. The molecule has 40 heavy (non-hydrogen) atoms. The van der Waals surface area contributed by atoms with Crippen LogP contribution in [0.15, 0.2) is 65.3 Å². The monoisotopic (exact) mass is 542 g/mol. The van der Waals surface area contributed by atoms with Gasteiger partial charge < -0.3 is 18.9 Å². The van der Waals surface area contributed by atoms with Crippen LogP contribution in [-0.4, -0.2) is 60.2 Å². The van der Waals surface area contributed by atoms with Gasteiger partial charge in [0, 0.05) is 24.7 Å². The molecule has 0 amide bonds. The number of methoxy groups -OCH3 is 1. The minimum atomic E-state index is -0.409. The van der Waals surface area contributed by atoms with Gasteiger partial charge in [0.25, 0.3) is 0 Å². The fraction of sp³-hybridized carbons (Fsp3) is 0.406. The summed E-state index contributed by atoms with van der Waals surface area (Å²) in [6.07, 6.45) is 5.98. The largest absolute Gasteiger partial charge is 0.487 e. The van der Waals surface area contributed by atoms with Crippen LogP contribution in [0, 0.1) is 5.92 Å². The summed E-state index contributed by atoms with van der Waals surface area (Å²) in [5.41, 5.74) is 5.30. The van der Waals surface area contributed by atoms with E-state index < -0.39 is 5.97 Å². The molecule has 3 heterocycles. The molecule has 0 saturated carbocycles. The normalized spacial score (nSPS) is 14.6. The van der Waals surface area contributed by atoms with Crippen molar-refractivity contribution in [3.05, 3.63) is 88.9 Å². The smallest absolute Gasteiger partial charge is 0.339 e. The molecule has 1 fully saturated rings. The molecule has 0 spiro atoms. The zero-order valence-electron chi connectivity index (χ0n) is 23.6. The number of ether oxygens (including phenoxy) is 2. The van der Waals surface area contributed by atoms with Crippen LogP contribution in [0.4, 0.5) is 0 Å². The first-order valence-corrected chi connectivity index (χ1v) is 14.0. The van der Waals surface area contributed by atoms with Crippen LogP contribution in [0.2, 0.25) is 0 Å². The molecule has 1 aliphatic rings. The Kier molecular flexibility index (Phi) is 9.08. The number of nitrogens with zero attached hydrogens (tertiary/aromatic N) is 4. The maximum Gasteiger partial charge on any atom is 0.339 e. The molecule has 0 unspecified atom stereocenters. The number of rotatable bonds is 11. The van der Waals surface area contributed by atoms with Gasteiger partial charge in [-0.15, -0.1) is 0 Å². The number of likely N-dealkylation sites (tertiary alicyclic amines) is 1. The van der Waals surface area contributed by atoms with Gasteiger partial charge in [0.15, 0.2) is 5.58 Å². The fourth-order valence-corrected chi connectivity index (χ4v) is 5.39. The highest BCUT2D eigenvalue weighted by atomic mass is 16.5. The second-order valence-corrected chi connectivity index (χ2v) is 10.8. The van der Waals surface area contributed by atoms with Gasteiger partial charge in [-0.25, -0.2) is 4.79 Å². The minimum absolute atomic E-state index is 0.275. The summed E-state index contributed by atoms with van der Waals surface area (Å²) < 4.78 is 16.8. The van der Waals surface area contributed by atoms with Crippen LogP contribution in [0.25, 0.3) is 11.0 Å². The second kappa shape index (κ2) is 13.1. The molecule has 4 aromatic rings. The van der Waals surface area contributed by atoms with Crippen molar-refractivity contribution in [1.29, 1.82) is 0 Å². The maximum absolute atomic E-state index is 11.7. The Morgan fingerprint density at radius 3 is 2.58 bits per heavy atom. The van der Waals surface area contributed by atoms with Crippen molar-refractivity contribution >= 4 is 16.9 Å². The van der Waals surface area contributed by atoms with Crippen molar-refractivity contribution < 1.29 is 18.8 Å². The number of carbonyl (C=O) groups is 1. The Labute approximate surface area is 235 Å². The van der Waals surface area contributed by atoms with Gasteiger partial charge in [-0.1, -0.05) is 35.5 Å². The molecule has 2 aromatic carbocycles. The van der Waals surface area contributed by atoms with Crippen LogP contribution in [-0.2, 0) is 30.9 Å².